The van der Waals surface area contributed by atoms with E-state index in [4.69, 9.17) is 11.6 Å². The number of halogens is 2. The second-order valence-corrected chi connectivity index (χ2v) is 9.53. The molecule has 0 bridgehead atoms. The molecule has 2 amide bonds. The van der Waals surface area contributed by atoms with Crippen LogP contribution in [0.1, 0.15) is 40.3 Å². The molecule has 0 saturated heterocycles. The molecule has 2 N–H and O–H groups in total. The molecule has 0 fully saturated rings. The van der Waals surface area contributed by atoms with Crippen LogP contribution in [0.15, 0.2) is 46.0 Å². The maximum atomic E-state index is 12.5. The second kappa shape index (κ2) is 10.5. The molecule has 10 heteroatoms. The van der Waals surface area contributed by atoms with Crippen LogP contribution >= 0.6 is 39.3 Å². The fourth-order valence-electron chi connectivity index (χ4n) is 3.01. The van der Waals surface area contributed by atoms with E-state index in [1.54, 1.807) is 35.9 Å². The first-order chi connectivity index (χ1) is 15.2. The number of anilines is 1. The Balaban J connectivity index is 1.61. The second-order valence-electron chi connectivity index (χ2n) is 7.33. The predicted molar refractivity (Wildman–Crippen MR) is 131 cm³/mol. The molecule has 0 aliphatic carbocycles. The van der Waals surface area contributed by atoms with Crippen molar-refractivity contribution in [2.75, 3.05) is 11.1 Å². The minimum absolute atomic E-state index is 0.149. The molecule has 1 unspecified atom stereocenters. The molecule has 1 heterocycles. The Labute approximate surface area is 204 Å². The van der Waals surface area contributed by atoms with Gasteiger partial charge in [-0.2, -0.15) is 0 Å². The lowest BCUT2D eigenvalue weighted by atomic mass is 10.1. The van der Waals surface area contributed by atoms with Crippen molar-refractivity contribution < 1.29 is 9.59 Å². The predicted octanol–water partition coefficient (Wildman–Crippen LogP) is 5.07. The highest BCUT2D eigenvalue weighted by Gasteiger charge is 2.20. The lowest BCUT2D eigenvalue weighted by Crippen LogP contribution is -2.28. The smallest absolute Gasteiger partial charge is 0.253 e. The molecule has 1 aromatic heterocycles. The molecule has 0 saturated carbocycles. The summed E-state index contributed by atoms with van der Waals surface area (Å²) in [6.45, 7) is 5.83. The van der Waals surface area contributed by atoms with E-state index >= 15 is 0 Å². The zero-order chi connectivity index (χ0) is 23.4. The summed E-state index contributed by atoms with van der Waals surface area (Å²) < 4.78 is 2.60. The van der Waals surface area contributed by atoms with Gasteiger partial charge in [-0.3, -0.25) is 9.59 Å². The molecule has 1 atom stereocenters. The summed E-state index contributed by atoms with van der Waals surface area (Å²) in [4.78, 5) is 25.0. The fraction of sp³-hybridized carbons (Fsp3) is 0.273. The number of amides is 2. The number of thioether (sulfide) groups is 1. The van der Waals surface area contributed by atoms with Gasteiger partial charge in [0, 0.05) is 11.5 Å². The van der Waals surface area contributed by atoms with Crippen LogP contribution in [-0.2, 0) is 11.8 Å². The molecule has 0 aliphatic heterocycles. The highest BCUT2D eigenvalue weighted by Crippen LogP contribution is 2.27. The van der Waals surface area contributed by atoms with E-state index in [0.29, 0.717) is 21.6 Å². The highest BCUT2D eigenvalue weighted by molar-refractivity contribution is 9.10. The molecule has 0 aliphatic rings. The normalized spacial score (nSPS) is 11.8. The quantitative estimate of drug-likeness (QED) is 0.412. The van der Waals surface area contributed by atoms with Crippen molar-refractivity contribution in [3.8, 4) is 0 Å². The first kappa shape index (κ1) is 24.3. The number of carbonyl (C=O) groups excluding carboxylic acids is 2. The molecule has 168 valence electrons. The Morgan fingerprint density at radius 1 is 1.19 bits per heavy atom. The van der Waals surface area contributed by atoms with Gasteiger partial charge in [0.05, 0.1) is 28.1 Å². The molecular weight excluding hydrogens is 514 g/mol. The van der Waals surface area contributed by atoms with Crippen molar-refractivity contribution in [1.82, 2.24) is 20.1 Å². The molecular formula is C22H23BrClN5O2S. The van der Waals surface area contributed by atoms with Gasteiger partial charge >= 0.3 is 0 Å². The van der Waals surface area contributed by atoms with E-state index in [9.17, 15) is 9.59 Å². The topological polar surface area (TPSA) is 88.9 Å². The summed E-state index contributed by atoms with van der Waals surface area (Å²) >= 11 is 10.9. The summed E-state index contributed by atoms with van der Waals surface area (Å²) in [7, 11) is 1.80. The lowest BCUT2D eigenvalue weighted by molar-refractivity contribution is -0.113. The summed E-state index contributed by atoms with van der Waals surface area (Å²) in [5, 5.41) is 15.1. The first-order valence-corrected chi connectivity index (χ1v) is 12.0. The Morgan fingerprint density at radius 3 is 2.59 bits per heavy atom. The van der Waals surface area contributed by atoms with Crippen molar-refractivity contribution in [2.45, 2.75) is 32.0 Å². The Bertz CT molecular complexity index is 1170. The number of benzene rings is 2. The van der Waals surface area contributed by atoms with Crippen LogP contribution in [0.5, 0.6) is 0 Å². The molecule has 7 nitrogen and oxygen atoms in total. The van der Waals surface area contributed by atoms with Gasteiger partial charge in [-0.05, 0) is 72.1 Å². The van der Waals surface area contributed by atoms with E-state index in [0.717, 1.165) is 21.3 Å². The average Bonchev–Trinajstić information content (AvgIpc) is 3.11. The largest absolute Gasteiger partial charge is 0.342 e. The van der Waals surface area contributed by atoms with Gasteiger partial charge < -0.3 is 15.2 Å². The SMILES string of the molecule is Cc1cc(Br)c(NC(=O)CSc2nnc(C(C)NC(=O)c3ccccc3Cl)n2C)cc1C. The standard InChI is InChI=1S/C22H23BrClN5O2S/c1-12-9-16(23)18(10-13(12)2)26-19(30)11-32-22-28-27-20(29(22)4)14(3)25-21(31)15-7-5-6-8-17(15)24/h5-10,14H,11H2,1-4H3,(H,25,31)(H,26,30). The Kier molecular flexibility index (Phi) is 7.97. The molecule has 0 radical (unpaired) electrons. The number of nitrogens with zero attached hydrogens (tertiary/aromatic N) is 3. The van der Waals surface area contributed by atoms with E-state index in [1.807, 2.05) is 32.9 Å². The third kappa shape index (κ3) is 5.70. The van der Waals surface area contributed by atoms with E-state index < -0.39 is 6.04 Å². The summed E-state index contributed by atoms with van der Waals surface area (Å²) in [5.41, 5.74) is 3.37. The average molecular weight is 537 g/mol. The van der Waals surface area contributed by atoms with Gasteiger partial charge in [-0.25, -0.2) is 0 Å². The summed E-state index contributed by atoms with van der Waals surface area (Å²) in [6.07, 6.45) is 0. The van der Waals surface area contributed by atoms with E-state index in [-0.39, 0.29) is 17.6 Å². The Hall–Kier alpha value is -2.36. The monoisotopic (exact) mass is 535 g/mol. The molecule has 32 heavy (non-hydrogen) atoms. The van der Waals surface area contributed by atoms with Gasteiger partial charge in [-0.1, -0.05) is 35.5 Å². The first-order valence-electron chi connectivity index (χ1n) is 9.81. The molecule has 3 aromatic rings. The number of aromatic nitrogens is 3. The minimum Gasteiger partial charge on any atom is -0.342 e. The number of carbonyl (C=O) groups is 2. The van der Waals surface area contributed by atoms with Crippen molar-refractivity contribution >= 4 is 56.8 Å². The van der Waals surface area contributed by atoms with Crippen LogP contribution in [-0.4, -0.2) is 32.3 Å². The Morgan fingerprint density at radius 2 is 1.88 bits per heavy atom. The van der Waals surface area contributed by atoms with Crippen molar-refractivity contribution in [3.05, 3.63) is 68.4 Å². The lowest BCUT2D eigenvalue weighted by Gasteiger charge is -2.14. The van der Waals surface area contributed by atoms with E-state index in [1.165, 1.54) is 11.8 Å². The van der Waals surface area contributed by atoms with Crippen LogP contribution in [0, 0.1) is 13.8 Å². The number of nitrogens with one attached hydrogen (secondary N) is 2. The van der Waals surface area contributed by atoms with Gasteiger partial charge in [0.2, 0.25) is 5.91 Å². The fourth-order valence-corrected chi connectivity index (χ4v) is 4.50. The molecule has 0 spiro atoms. The van der Waals surface area contributed by atoms with Gasteiger partial charge in [0.25, 0.3) is 5.91 Å². The number of aryl methyl sites for hydroxylation is 2. The maximum Gasteiger partial charge on any atom is 0.253 e. The van der Waals surface area contributed by atoms with Crippen molar-refractivity contribution in [2.24, 2.45) is 7.05 Å². The zero-order valence-corrected chi connectivity index (χ0v) is 21.2. The minimum atomic E-state index is -0.397. The summed E-state index contributed by atoms with van der Waals surface area (Å²) in [5.74, 6) is 0.304. The van der Waals surface area contributed by atoms with Crippen LogP contribution in [0.3, 0.4) is 0 Å². The number of hydrogen-bond donors (Lipinski definition) is 2. The van der Waals surface area contributed by atoms with Gasteiger partial charge in [0.1, 0.15) is 0 Å². The van der Waals surface area contributed by atoms with E-state index in [2.05, 4.69) is 36.8 Å². The van der Waals surface area contributed by atoms with Gasteiger partial charge in [-0.15, -0.1) is 10.2 Å². The van der Waals surface area contributed by atoms with Crippen molar-refractivity contribution in [1.29, 1.82) is 0 Å². The van der Waals surface area contributed by atoms with Crippen LogP contribution in [0.4, 0.5) is 5.69 Å². The third-order valence-corrected chi connectivity index (χ3v) is 6.92. The summed E-state index contributed by atoms with van der Waals surface area (Å²) in [6, 6.07) is 10.4. The number of hydrogen-bond acceptors (Lipinski definition) is 5. The van der Waals surface area contributed by atoms with Crippen molar-refractivity contribution in [3.63, 3.8) is 0 Å². The van der Waals surface area contributed by atoms with Crippen LogP contribution < -0.4 is 10.6 Å². The highest BCUT2D eigenvalue weighted by atomic mass is 79.9. The van der Waals surface area contributed by atoms with Crippen LogP contribution in [0.25, 0.3) is 0 Å². The molecule has 2 aromatic carbocycles. The zero-order valence-electron chi connectivity index (χ0n) is 18.1. The molecule has 3 rings (SSSR count). The van der Waals surface area contributed by atoms with Crippen LogP contribution in [0.2, 0.25) is 5.02 Å². The number of rotatable bonds is 7. The maximum absolute atomic E-state index is 12.5. The third-order valence-electron chi connectivity index (χ3n) is 4.91. The van der Waals surface area contributed by atoms with Gasteiger partial charge in [0.15, 0.2) is 11.0 Å².